The lowest BCUT2D eigenvalue weighted by Crippen LogP contribution is -1.91. The van der Waals surface area contributed by atoms with Crippen LogP contribution >= 0.6 is 67.8 Å². The molecule has 0 amide bonds. The summed E-state index contributed by atoms with van der Waals surface area (Å²) in [5.41, 5.74) is -0.279. The van der Waals surface area contributed by atoms with Crippen LogP contribution in [0.1, 0.15) is 5.56 Å². The fraction of sp³-hybridized carbons (Fsp3) is 0. The molecule has 2 N–H and O–H groups in total. The Balaban J connectivity index is 0.000000251. The van der Waals surface area contributed by atoms with Gasteiger partial charge in [-0.05, 0) is 73.8 Å². The zero-order valence-corrected chi connectivity index (χ0v) is 18.3. The normalized spacial score (nSPS) is 9.52. The van der Waals surface area contributed by atoms with Crippen LogP contribution in [0.2, 0.25) is 0 Å². The molecule has 0 aliphatic carbocycles. The van der Waals surface area contributed by atoms with Crippen molar-refractivity contribution in [2.24, 2.45) is 0 Å². The third-order valence-electron chi connectivity index (χ3n) is 2.58. The SMILES string of the molecule is N#Cc1cc(I)c(O)c([N+](=O)[O-])c1.O=[N+]([O-])c1cc(I)c(O)c(I)c1. The molecule has 0 heterocycles. The first-order valence-corrected chi connectivity index (χ1v) is 9.21. The van der Waals surface area contributed by atoms with Crippen LogP contribution in [0.15, 0.2) is 24.3 Å². The molecule has 0 aliphatic heterocycles. The van der Waals surface area contributed by atoms with Crippen LogP contribution in [-0.2, 0) is 0 Å². The molecule has 0 spiro atoms. The van der Waals surface area contributed by atoms with Crippen LogP contribution in [0.5, 0.6) is 11.5 Å². The Morgan fingerprint density at radius 3 is 1.76 bits per heavy atom. The fourth-order valence-corrected chi connectivity index (χ4v) is 3.79. The predicted octanol–water partition coefficient (Wildman–Crippen LogP) is 4.29. The highest BCUT2D eigenvalue weighted by Gasteiger charge is 2.17. The van der Waals surface area contributed by atoms with E-state index in [1.807, 2.05) is 45.2 Å². The number of phenolic OH excluding ortho intramolecular Hbond substituents is 2. The van der Waals surface area contributed by atoms with E-state index in [0.29, 0.717) is 10.7 Å². The second kappa shape index (κ2) is 9.28. The van der Waals surface area contributed by atoms with Gasteiger partial charge >= 0.3 is 5.69 Å². The number of aromatic hydroxyl groups is 2. The number of hydrogen-bond donors (Lipinski definition) is 2. The third-order valence-corrected chi connectivity index (χ3v) is 5.05. The topological polar surface area (TPSA) is 151 Å². The molecular formula is C13H6I3N3O6. The van der Waals surface area contributed by atoms with Gasteiger partial charge in [-0.25, -0.2) is 0 Å². The smallest absolute Gasteiger partial charge is 0.313 e. The van der Waals surface area contributed by atoms with Crippen LogP contribution in [0.3, 0.4) is 0 Å². The maximum Gasteiger partial charge on any atom is 0.313 e. The Labute approximate surface area is 181 Å². The van der Waals surface area contributed by atoms with E-state index < -0.39 is 21.3 Å². The van der Waals surface area contributed by atoms with Crippen LogP contribution < -0.4 is 0 Å². The van der Waals surface area contributed by atoms with Gasteiger partial charge in [-0.2, -0.15) is 5.26 Å². The Kier molecular flexibility index (Phi) is 8.01. The molecule has 0 aliphatic rings. The molecule has 0 saturated heterocycles. The molecule has 0 unspecified atom stereocenters. The van der Waals surface area contributed by atoms with Crippen LogP contribution in [-0.4, -0.2) is 20.1 Å². The average Bonchev–Trinajstić information content (AvgIpc) is 2.54. The molecule has 0 atom stereocenters. The van der Waals surface area contributed by atoms with Crippen molar-refractivity contribution < 1.29 is 20.1 Å². The number of nitrogens with zero attached hydrogens (tertiary/aromatic N) is 3. The van der Waals surface area contributed by atoms with Crippen molar-refractivity contribution in [1.29, 1.82) is 5.26 Å². The van der Waals surface area contributed by atoms with E-state index in [2.05, 4.69) is 0 Å². The summed E-state index contributed by atoms with van der Waals surface area (Å²) >= 11 is 5.43. The summed E-state index contributed by atoms with van der Waals surface area (Å²) in [7, 11) is 0. The number of nitriles is 1. The molecule has 130 valence electrons. The molecule has 9 nitrogen and oxygen atoms in total. The molecule has 0 fully saturated rings. The minimum absolute atomic E-state index is 0.00148. The maximum absolute atomic E-state index is 10.4. The largest absolute Gasteiger partial charge is 0.506 e. The number of nitro benzene ring substituents is 2. The second-order valence-corrected chi connectivity index (χ2v) is 7.70. The molecule has 0 saturated carbocycles. The van der Waals surface area contributed by atoms with Crippen molar-refractivity contribution in [2.45, 2.75) is 0 Å². The minimum atomic E-state index is -0.724. The summed E-state index contributed by atoms with van der Waals surface area (Å²) in [5.74, 6) is -0.300. The van der Waals surface area contributed by atoms with E-state index in [1.165, 1.54) is 18.2 Å². The molecule has 0 aromatic heterocycles. The molecule has 0 bridgehead atoms. The van der Waals surface area contributed by atoms with Gasteiger partial charge in [-0.3, -0.25) is 20.2 Å². The molecule has 2 aromatic carbocycles. The van der Waals surface area contributed by atoms with Gasteiger partial charge in [0.25, 0.3) is 5.69 Å². The summed E-state index contributed by atoms with van der Waals surface area (Å²) in [6.07, 6.45) is 0. The summed E-state index contributed by atoms with van der Waals surface area (Å²) in [4.78, 5) is 19.5. The highest BCUT2D eigenvalue weighted by Crippen LogP contribution is 2.32. The number of halogens is 3. The van der Waals surface area contributed by atoms with E-state index in [9.17, 15) is 30.4 Å². The summed E-state index contributed by atoms with van der Waals surface area (Å²) in [5, 5.41) is 47.7. The first-order valence-electron chi connectivity index (χ1n) is 5.97. The third kappa shape index (κ3) is 5.78. The second-order valence-electron chi connectivity index (χ2n) is 4.21. The molecular weight excluding hydrogens is 675 g/mol. The lowest BCUT2D eigenvalue weighted by Gasteiger charge is -1.99. The number of non-ortho nitro benzene ring substituents is 1. The number of hydrogen-bond acceptors (Lipinski definition) is 7. The van der Waals surface area contributed by atoms with Gasteiger partial charge in [0, 0.05) is 18.2 Å². The van der Waals surface area contributed by atoms with Crippen molar-refractivity contribution in [3.05, 3.63) is 60.8 Å². The van der Waals surface area contributed by atoms with Crippen molar-refractivity contribution >= 4 is 79.1 Å². The molecule has 2 rings (SSSR count). The van der Waals surface area contributed by atoms with Crippen molar-refractivity contribution in [1.82, 2.24) is 0 Å². The molecule has 2 aromatic rings. The Morgan fingerprint density at radius 2 is 1.36 bits per heavy atom. The summed E-state index contributed by atoms with van der Waals surface area (Å²) in [6, 6.07) is 6.85. The number of nitro groups is 2. The zero-order chi connectivity index (χ0) is 19.3. The van der Waals surface area contributed by atoms with E-state index in [-0.39, 0.29) is 17.0 Å². The van der Waals surface area contributed by atoms with Crippen molar-refractivity contribution in [2.75, 3.05) is 0 Å². The van der Waals surface area contributed by atoms with Gasteiger partial charge < -0.3 is 10.2 Å². The lowest BCUT2D eigenvalue weighted by molar-refractivity contribution is -0.386. The zero-order valence-electron chi connectivity index (χ0n) is 11.8. The molecule has 25 heavy (non-hydrogen) atoms. The monoisotopic (exact) mass is 681 g/mol. The van der Waals surface area contributed by atoms with Gasteiger partial charge in [0.15, 0.2) is 0 Å². The van der Waals surface area contributed by atoms with Gasteiger partial charge in [0.2, 0.25) is 5.75 Å². The summed E-state index contributed by atoms with van der Waals surface area (Å²) in [6.45, 7) is 0. The lowest BCUT2D eigenvalue weighted by atomic mass is 10.2. The number of benzene rings is 2. The first kappa shape index (κ1) is 21.6. The first-order chi connectivity index (χ1) is 11.6. The number of phenols is 2. The van der Waals surface area contributed by atoms with Gasteiger partial charge in [-0.1, -0.05) is 0 Å². The van der Waals surface area contributed by atoms with Gasteiger partial charge in [0.05, 0.1) is 32.2 Å². The van der Waals surface area contributed by atoms with Crippen LogP contribution in [0, 0.1) is 42.3 Å². The standard InChI is InChI=1S/C7H3IN2O3.C6H3I2NO3/c8-5-1-4(3-9)2-6(7(5)11)10(12)13;7-4-1-3(9(11)12)2-5(8)6(4)10/h1-2,11H;1-2,10H. The van der Waals surface area contributed by atoms with Crippen LogP contribution in [0.25, 0.3) is 0 Å². The van der Waals surface area contributed by atoms with Crippen molar-refractivity contribution in [3.63, 3.8) is 0 Å². The average molecular weight is 681 g/mol. The van der Waals surface area contributed by atoms with E-state index in [0.717, 1.165) is 6.07 Å². The highest BCUT2D eigenvalue weighted by molar-refractivity contribution is 14.1. The maximum atomic E-state index is 10.4. The van der Waals surface area contributed by atoms with Crippen LogP contribution in [0.4, 0.5) is 11.4 Å². The predicted molar refractivity (Wildman–Crippen MR) is 112 cm³/mol. The Hall–Kier alpha value is -1.48. The van der Waals surface area contributed by atoms with E-state index in [1.54, 1.807) is 28.7 Å². The number of rotatable bonds is 2. The fourth-order valence-electron chi connectivity index (χ4n) is 1.45. The van der Waals surface area contributed by atoms with Crippen molar-refractivity contribution in [3.8, 4) is 17.6 Å². The Morgan fingerprint density at radius 1 is 0.880 bits per heavy atom. The quantitative estimate of drug-likeness (QED) is 0.273. The van der Waals surface area contributed by atoms with Gasteiger partial charge in [0.1, 0.15) is 5.75 Å². The molecule has 0 radical (unpaired) electrons. The van der Waals surface area contributed by atoms with E-state index >= 15 is 0 Å². The van der Waals surface area contributed by atoms with Gasteiger partial charge in [-0.15, -0.1) is 0 Å². The molecule has 12 heteroatoms. The van der Waals surface area contributed by atoms with E-state index in [4.69, 9.17) is 5.26 Å². The Bertz CT molecular complexity index is 874. The summed E-state index contributed by atoms with van der Waals surface area (Å²) < 4.78 is 1.28. The minimum Gasteiger partial charge on any atom is -0.506 e. The highest BCUT2D eigenvalue weighted by atomic mass is 127.